The highest BCUT2D eigenvalue weighted by Gasteiger charge is 2.13. The van der Waals surface area contributed by atoms with Gasteiger partial charge >= 0.3 is 0 Å². The van der Waals surface area contributed by atoms with Crippen LogP contribution < -0.4 is 9.64 Å². The molecule has 0 saturated carbocycles. The van der Waals surface area contributed by atoms with Gasteiger partial charge in [-0.1, -0.05) is 35.0 Å². The van der Waals surface area contributed by atoms with Crippen molar-refractivity contribution in [2.45, 2.75) is 20.5 Å². The average Bonchev–Trinajstić information content (AvgIpc) is 2.61. The van der Waals surface area contributed by atoms with Gasteiger partial charge in [-0.2, -0.15) is 0 Å². The number of halogens is 1. The molecule has 0 aliphatic heterocycles. The van der Waals surface area contributed by atoms with E-state index in [-0.39, 0.29) is 5.91 Å². The van der Waals surface area contributed by atoms with Gasteiger partial charge in [0.05, 0.1) is 5.69 Å². The molecule has 0 heterocycles. The van der Waals surface area contributed by atoms with Crippen LogP contribution in [-0.2, 0) is 16.2 Å². The van der Waals surface area contributed by atoms with Crippen LogP contribution in [0.4, 0.5) is 5.69 Å². The fraction of sp³-hybridized carbons (Fsp3) is 0.263. The molecule has 0 unspecified atom stereocenters. The first-order valence-electron chi connectivity index (χ1n) is 7.92. The van der Waals surface area contributed by atoms with E-state index >= 15 is 0 Å². The SMILES string of the molecule is CCON=CC(=O)N(C)c1ccccc1COc1ccc(Cl)cc1C. The maximum atomic E-state index is 12.2. The van der Waals surface area contributed by atoms with E-state index < -0.39 is 0 Å². The van der Waals surface area contributed by atoms with E-state index in [4.69, 9.17) is 21.2 Å². The number of carbonyl (C=O) groups is 1. The molecule has 1 amide bonds. The van der Waals surface area contributed by atoms with Crippen LogP contribution in [0.5, 0.6) is 5.75 Å². The van der Waals surface area contributed by atoms with Crippen LogP contribution in [0.15, 0.2) is 47.6 Å². The topological polar surface area (TPSA) is 51.1 Å². The molecule has 132 valence electrons. The summed E-state index contributed by atoms with van der Waals surface area (Å²) >= 11 is 5.97. The minimum Gasteiger partial charge on any atom is -0.489 e. The zero-order valence-electron chi connectivity index (χ0n) is 14.5. The Morgan fingerprint density at radius 2 is 2.04 bits per heavy atom. The molecule has 0 N–H and O–H groups in total. The van der Waals surface area contributed by atoms with Gasteiger partial charge in [0.15, 0.2) is 0 Å². The highest BCUT2D eigenvalue weighted by Crippen LogP contribution is 2.25. The van der Waals surface area contributed by atoms with Crippen LogP contribution in [0.2, 0.25) is 5.02 Å². The molecule has 0 saturated heterocycles. The second kappa shape index (κ2) is 9.08. The number of ether oxygens (including phenoxy) is 1. The zero-order valence-corrected chi connectivity index (χ0v) is 15.3. The predicted molar refractivity (Wildman–Crippen MR) is 100 cm³/mol. The minimum atomic E-state index is -0.274. The highest BCUT2D eigenvalue weighted by molar-refractivity contribution is 6.32. The molecular weight excluding hydrogens is 340 g/mol. The summed E-state index contributed by atoms with van der Waals surface area (Å²) in [6.07, 6.45) is 1.16. The van der Waals surface area contributed by atoms with Crippen LogP contribution in [0.3, 0.4) is 0 Å². The van der Waals surface area contributed by atoms with Crippen LogP contribution >= 0.6 is 11.6 Å². The van der Waals surface area contributed by atoms with Crippen molar-refractivity contribution in [2.75, 3.05) is 18.6 Å². The number of hydrogen-bond acceptors (Lipinski definition) is 4. The first-order valence-corrected chi connectivity index (χ1v) is 8.30. The van der Waals surface area contributed by atoms with Crippen molar-refractivity contribution in [3.8, 4) is 5.75 Å². The Morgan fingerprint density at radius 1 is 1.28 bits per heavy atom. The van der Waals surface area contributed by atoms with Crippen LogP contribution in [0, 0.1) is 6.92 Å². The highest BCUT2D eigenvalue weighted by atomic mass is 35.5. The van der Waals surface area contributed by atoms with E-state index in [2.05, 4.69) is 5.16 Å². The van der Waals surface area contributed by atoms with Crippen molar-refractivity contribution < 1.29 is 14.4 Å². The molecule has 2 aromatic carbocycles. The monoisotopic (exact) mass is 360 g/mol. The fourth-order valence-electron chi connectivity index (χ4n) is 2.25. The molecule has 0 bridgehead atoms. The van der Waals surface area contributed by atoms with E-state index in [0.717, 1.165) is 28.8 Å². The average molecular weight is 361 g/mol. The lowest BCUT2D eigenvalue weighted by Crippen LogP contribution is -2.28. The van der Waals surface area contributed by atoms with Gasteiger partial charge in [0.2, 0.25) is 0 Å². The molecule has 6 heteroatoms. The zero-order chi connectivity index (χ0) is 18.2. The van der Waals surface area contributed by atoms with Gasteiger partial charge in [-0.25, -0.2) is 0 Å². The number of nitrogens with zero attached hydrogens (tertiary/aromatic N) is 2. The van der Waals surface area contributed by atoms with Crippen molar-refractivity contribution >= 4 is 29.4 Å². The van der Waals surface area contributed by atoms with E-state index in [1.54, 1.807) is 20.0 Å². The number of anilines is 1. The molecule has 2 aromatic rings. The lowest BCUT2D eigenvalue weighted by Gasteiger charge is -2.19. The first-order chi connectivity index (χ1) is 12.0. The molecule has 0 radical (unpaired) electrons. The summed E-state index contributed by atoms with van der Waals surface area (Å²) in [5.74, 6) is 0.481. The summed E-state index contributed by atoms with van der Waals surface area (Å²) < 4.78 is 5.89. The van der Waals surface area contributed by atoms with Gasteiger partial charge in [-0.05, 0) is 43.7 Å². The van der Waals surface area contributed by atoms with Crippen molar-refractivity contribution in [1.29, 1.82) is 0 Å². The predicted octanol–water partition coefficient (Wildman–Crippen LogP) is 4.21. The van der Waals surface area contributed by atoms with Crippen molar-refractivity contribution in [3.63, 3.8) is 0 Å². The molecule has 0 atom stereocenters. The lowest BCUT2D eigenvalue weighted by molar-refractivity contribution is -0.112. The number of aryl methyl sites for hydroxylation is 1. The van der Waals surface area contributed by atoms with Crippen LogP contribution in [-0.4, -0.2) is 25.8 Å². The Bertz CT molecular complexity index is 762. The Morgan fingerprint density at radius 3 is 2.76 bits per heavy atom. The standard InChI is InChI=1S/C19H21ClN2O3/c1-4-25-21-12-19(23)22(3)17-8-6-5-7-15(17)13-24-18-10-9-16(20)11-14(18)2/h5-12H,4,13H2,1-3H3. The van der Waals surface area contributed by atoms with Gasteiger partial charge < -0.3 is 14.5 Å². The summed E-state index contributed by atoms with van der Waals surface area (Å²) in [6, 6.07) is 13.0. The van der Waals surface area contributed by atoms with Gasteiger partial charge in [-0.15, -0.1) is 0 Å². The summed E-state index contributed by atoms with van der Waals surface area (Å²) in [5.41, 5.74) is 2.60. The van der Waals surface area contributed by atoms with Gasteiger partial charge in [0.1, 0.15) is 25.2 Å². The van der Waals surface area contributed by atoms with E-state index in [9.17, 15) is 4.79 Å². The van der Waals surface area contributed by atoms with Crippen LogP contribution in [0.1, 0.15) is 18.1 Å². The first kappa shape index (κ1) is 18.8. The van der Waals surface area contributed by atoms with Crippen molar-refractivity contribution in [1.82, 2.24) is 0 Å². The largest absolute Gasteiger partial charge is 0.489 e. The molecule has 0 aliphatic carbocycles. The van der Waals surface area contributed by atoms with E-state index in [1.807, 2.05) is 43.3 Å². The maximum absolute atomic E-state index is 12.2. The molecule has 0 spiro atoms. The van der Waals surface area contributed by atoms with Crippen molar-refractivity contribution in [3.05, 3.63) is 58.6 Å². The minimum absolute atomic E-state index is 0.274. The van der Waals surface area contributed by atoms with Crippen molar-refractivity contribution in [2.24, 2.45) is 5.16 Å². The second-order valence-corrected chi connectivity index (χ2v) is 5.81. The fourth-order valence-corrected chi connectivity index (χ4v) is 2.48. The number of benzene rings is 2. The third-order valence-electron chi connectivity index (χ3n) is 3.57. The number of hydrogen-bond donors (Lipinski definition) is 0. The Labute approximate surface area is 152 Å². The number of rotatable bonds is 7. The molecule has 0 fully saturated rings. The number of amides is 1. The lowest BCUT2D eigenvalue weighted by atomic mass is 10.1. The quantitative estimate of drug-likeness (QED) is 0.549. The molecular formula is C19H21ClN2O3. The number of oxime groups is 1. The van der Waals surface area contributed by atoms with E-state index in [1.165, 1.54) is 4.90 Å². The summed E-state index contributed by atoms with van der Waals surface area (Å²) in [6.45, 7) is 4.49. The smallest absolute Gasteiger partial charge is 0.272 e. The number of carbonyl (C=O) groups excluding carboxylic acids is 1. The summed E-state index contributed by atoms with van der Waals surface area (Å²) in [4.78, 5) is 18.5. The third-order valence-corrected chi connectivity index (χ3v) is 3.81. The summed E-state index contributed by atoms with van der Waals surface area (Å²) in [7, 11) is 1.69. The van der Waals surface area contributed by atoms with E-state index in [0.29, 0.717) is 18.2 Å². The van der Waals surface area contributed by atoms with Crippen LogP contribution in [0.25, 0.3) is 0 Å². The Kier molecular flexibility index (Phi) is 6.83. The number of para-hydroxylation sites is 1. The molecule has 2 rings (SSSR count). The normalized spacial score (nSPS) is 10.7. The third kappa shape index (κ3) is 5.22. The molecule has 0 aromatic heterocycles. The second-order valence-electron chi connectivity index (χ2n) is 5.38. The summed E-state index contributed by atoms with van der Waals surface area (Å²) in [5, 5.41) is 4.29. The van der Waals surface area contributed by atoms with Gasteiger partial charge in [-0.3, -0.25) is 4.79 Å². The Hall–Kier alpha value is -2.53. The molecule has 25 heavy (non-hydrogen) atoms. The van der Waals surface area contributed by atoms with Gasteiger partial charge in [0, 0.05) is 17.6 Å². The molecule has 0 aliphatic rings. The molecule has 5 nitrogen and oxygen atoms in total. The Balaban J connectivity index is 2.13. The maximum Gasteiger partial charge on any atom is 0.272 e. The van der Waals surface area contributed by atoms with Gasteiger partial charge in [0.25, 0.3) is 5.91 Å².